The largest absolute Gasteiger partial charge is 0.466 e. The molecule has 1 aliphatic rings. The lowest BCUT2D eigenvalue weighted by Crippen LogP contribution is -2.27. The summed E-state index contributed by atoms with van der Waals surface area (Å²) in [7, 11) is 0. The average molecular weight is 463 g/mol. The molecule has 0 spiro atoms. The van der Waals surface area contributed by atoms with Crippen molar-refractivity contribution in [1.29, 1.82) is 0 Å². The van der Waals surface area contributed by atoms with Gasteiger partial charge in [-0.1, -0.05) is 63.9 Å². The van der Waals surface area contributed by atoms with Crippen molar-refractivity contribution >= 4 is 28.7 Å². The number of ether oxygens (including phenoxy) is 1. The van der Waals surface area contributed by atoms with E-state index in [0.717, 1.165) is 29.5 Å². The molecule has 7 nitrogen and oxygen atoms in total. The highest BCUT2D eigenvalue weighted by Crippen LogP contribution is 2.30. The zero-order chi connectivity index (χ0) is 24.7. The summed E-state index contributed by atoms with van der Waals surface area (Å²) in [5.74, 6) is -0.785. The minimum Gasteiger partial charge on any atom is -0.466 e. The van der Waals surface area contributed by atoms with E-state index in [1.165, 1.54) is 0 Å². The monoisotopic (exact) mass is 462 g/mol. The number of aromatic nitrogens is 2. The summed E-state index contributed by atoms with van der Waals surface area (Å²) >= 11 is 0. The van der Waals surface area contributed by atoms with Crippen LogP contribution in [0.25, 0.3) is 10.9 Å². The molecule has 1 unspecified atom stereocenters. The van der Waals surface area contributed by atoms with Gasteiger partial charge in [0.2, 0.25) is 5.95 Å². The van der Waals surface area contributed by atoms with Gasteiger partial charge in [-0.3, -0.25) is 9.59 Å². The van der Waals surface area contributed by atoms with Crippen LogP contribution in [-0.2, 0) is 22.6 Å². The van der Waals surface area contributed by atoms with E-state index in [-0.39, 0.29) is 23.5 Å². The molecule has 2 N–H and O–H groups in total. The third kappa shape index (κ3) is 5.35. The topological polar surface area (TPSA) is 98.4 Å². The van der Waals surface area contributed by atoms with Gasteiger partial charge in [0.25, 0.3) is 5.91 Å². The van der Waals surface area contributed by atoms with E-state index in [2.05, 4.69) is 16.9 Å². The van der Waals surface area contributed by atoms with Crippen LogP contribution in [0.3, 0.4) is 0 Å². The second kappa shape index (κ2) is 11.6. The predicted octanol–water partition coefficient (Wildman–Crippen LogP) is 5.23. The van der Waals surface area contributed by atoms with Crippen LogP contribution in [0.15, 0.2) is 42.5 Å². The maximum absolute atomic E-state index is 13.5. The van der Waals surface area contributed by atoms with Crippen LogP contribution in [0.5, 0.6) is 0 Å². The summed E-state index contributed by atoms with van der Waals surface area (Å²) in [5.41, 5.74) is 9.85. The number of esters is 1. The predicted molar refractivity (Wildman–Crippen MR) is 134 cm³/mol. The fourth-order valence-electron chi connectivity index (χ4n) is 4.24. The molecule has 0 bridgehead atoms. The molecule has 4 rings (SSSR count). The minimum absolute atomic E-state index is 0.0539. The molecule has 1 aromatic heterocycles. The molecule has 2 aromatic carbocycles. The van der Waals surface area contributed by atoms with E-state index in [1.807, 2.05) is 50.2 Å². The average Bonchev–Trinajstić information content (AvgIpc) is 3.29. The molecule has 1 amide bonds. The maximum Gasteiger partial charge on any atom is 0.313 e. The quantitative estimate of drug-likeness (QED) is 0.483. The van der Waals surface area contributed by atoms with Crippen molar-refractivity contribution in [2.24, 2.45) is 0 Å². The summed E-state index contributed by atoms with van der Waals surface area (Å²) in [5, 5.41) is 0.600. The number of rotatable bonds is 7. The summed E-state index contributed by atoms with van der Waals surface area (Å²) in [6.45, 7) is 9.28. The Bertz CT molecular complexity index is 1140. The van der Waals surface area contributed by atoms with Crippen molar-refractivity contribution in [2.75, 3.05) is 12.3 Å². The molecule has 0 aliphatic carbocycles. The molecule has 0 radical (unpaired) electrons. The zero-order valence-corrected chi connectivity index (χ0v) is 20.5. The molecule has 0 saturated carbocycles. The third-order valence-electron chi connectivity index (χ3n) is 5.89. The first-order valence-electron chi connectivity index (χ1n) is 12.1. The summed E-state index contributed by atoms with van der Waals surface area (Å²) in [6, 6.07) is 13.5. The van der Waals surface area contributed by atoms with Gasteiger partial charge in [-0.2, -0.15) is 0 Å². The van der Waals surface area contributed by atoms with E-state index >= 15 is 0 Å². The van der Waals surface area contributed by atoms with Crippen LogP contribution in [0.2, 0.25) is 0 Å². The normalized spacial score (nSPS) is 13.1. The number of amides is 1. The molecule has 34 heavy (non-hydrogen) atoms. The highest BCUT2D eigenvalue weighted by molar-refractivity contribution is 6.05. The smallest absolute Gasteiger partial charge is 0.313 e. The number of nitrogens with two attached hydrogens (primary N) is 1. The van der Waals surface area contributed by atoms with Gasteiger partial charge in [-0.25, -0.2) is 9.97 Å². The number of hydrogen-bond acceptors (Lipinski definition) is 6. The first-order chi connectivity index (χ1) is 16.5. The second-order valence-electron chi connectivity index (χ2n) is 8.08. The Morgan fingerprint density at radius 2 is 1.74 bits per heavy atom. The van der Waals surface area contributed by atoms with Gasteiger partial charge in [-0.05, 0) is 42.2 Å². The number of nitrogens with zero attached hydrogens (tertiary/aromatic N) is 3. The Morgan fingerprint density at radius 1 is 1.06 bits per heavy atom. The fourth-order valence-corrected chi connectivity index (χ4v) is 4.24. The van der Waals surface area contributed by atoms with Crippen LogP contribution in [0, 0.1) is 0 Å². The Labute approximate surface area is 201 Å². The van der Waals surface area contributed by atoms with Gasteiger partial charge in [-0.15, -0.1) is 0 Å². The highest BCUT2D eigenvalue weighted by atomic mass is 16.5. The van der Waals surface area contributed by atoms with E-state index in [4.69, 9.17) is 10.5 Å². The van der Waals surface area contributed by atoms with Gasteiger partial charge >= 0.3 is 5.97 Å². The molecule has 7 heteroatoms. The number of unbranched alkanes of at least 4 members (excludes halogenated alkanes) is 1. The SMILES string of the molecule is CC.CCCCC(C(=O)OCC)c1ccc2nc(N)nc(C(=O)N3Cc4ccccc4C3)c2c1. The molecule has 0 saturated heterocycles. The molecule has 0 fully saturated rings. The van der Waals surface area contributed by atoms with Crippen molar-refractivity contribution in [3.63, 3.8) is 0 Å². The lowest BCUT2D eigenvalue weighted by Gasteiger charge is -2.18. The van der Waals surface area contributed by atoms with Crippen molar-refractivity contribution in [3.05, 3.63) is 64.8 Å². The Hall–Kier alpha value is -3.48. The van der Waals surface area contributed by atoms with Crippen LogP contribution in [0.1, 0.15) is 80.1 Å². The number of carbonyl (C=O) groups is 2. The van der Waals surface area contributed by atoms with E-state index in [9.17, 15) is 9.59 Å². The van der Waals surface area contributed by atoms with Crippen molar-refractivity contribution in [1.82, 2.24) is 14.9 Å². The Morgan fingerprint density at radius 3 is 2.35 bits per heavy atom. The number of hydrogen-bond donors (Lipinski definition) is 1. The lowest BCUT2D eigenvalue weighted by molar-refractivity contribution is -0.145. The van der Waals surface area contributed by atoms with E-state index in [0.29, 0.717) is 37.0 Å². The van der Waals surface area contributed by atoms with Crippen LogP contribution in [0.4, 0.5) is 5.95 Å². The van der Waals surface area contributed by atoms with Crippen LogP contribution >= 0.6 is 0 Å². The number of carbonyl (C=O) groups excluding carboxylic acids is 2. The van der Waals surface area contributed by atoms with Crippen LogP contribution in [-0.4, -0.2) is 33.4 Å². The Balaban J connectivity index is 0.00000158. The van der Waals surface area contributed by atoms with Gasteiger partial charge < -0.3 is 15.4 Å². The first-order valence-corrected chi connectivity index (χ1v) is 12.1. The number of benzene rings is 2. The summed E-state index contributed by atoms with van der Waals surface area (Å²) in [4.78, 5) is 36.5. The molecule has 180 valence electrons. The van der Waals surface area contributed by atoms with Gasteiger partial charge in [0.15, 0.2) is 0 Å². The number of nitrogen functional groups attached to an aromatic ring is 1. The fraction of sp³-hybridized carbons (Fsp3) is 0.407. The molecule has 2 heterocycles. The van der Waals surface area contributed by atoms with Gasteiger partial charge in [0, 0.05) is 18.5 Å². The highest BCUT2D eigenvalue weighted by Gasteiger charge is 2.28. The molecule has 1 aliphatic heterocycles. The molecule has 1 atom stereocenters. The molecule has 3 aromatic rings. The minimum atomic E-state index is -0.393. The van der Waals surface area contributed by atoms with Crippen molar-refractivity contribution in [3.8, 4) is 0 Å². The number of anilines is 1. The van der Waals surface area contributed by atoms with Crippen LogP contribution < -0.4 is 5.73 Å². The lowest BCUT2D eigenvalue weighted by atomic mass is 9.92. The maximum atomic E-state index is 13.5. The van der Waals surface area contributed by atoms with Crippen molar-refractivity contribution < 1.29 is 14.3 Å². The molecular weight excluding hydrogens is 428 g/mol. The molecular formula is C27H34N4O3. The first kappa shape index (κ1) is 25.1. The second-order valence-corrected chi connectivity index (χ2v) is 8.08. The van der Waals surface area contributed by atoms with Crippen molar-refractivity contribution in [2.45, 2.75) is 66.0 Å². The van der Waals surface area contributed by atoms with E-state index < -0.39 is 5.92 Å². The number of fused-ring (bicyclic) bond motifs is 2. The summed E-state index contributed by atoms with van der Waals surface area (Å²) in [6.07, 6.45) is 2.56. The summed E-state index contributed by atoms with van der Waals surface area (Å²) < 4.78 is 5.32. The Kier molecular flexibility index (Phi) is 8.57. The van der Waals surface area contributed by atoms with E-state index in [1.54, 1.807) is 17.9 Å². The standard InChI is InChI=1S/C25H28N4O3.C2H6/c1-3-5-10-19(24(31)32-4-2)16-11-12-21-20(13-16)22(28-25(26)27-21)23(30)29-14-17-8-6-7-9-18(17)15-29;1-2/h6-9,11-13,19H,3-5,10,14-15H2,1-2H3,(H2,26,27,28);1-2H3. The third-order valence-corrected chi connectivity index (χ3v) is 5.89. The zero-order valence-electron chi connectivity index (χ0n) is 20.5. The van der Waals surface area contributed by atoms with Gasteiger partial charge in [0.05, 0.1) is 18.0 Å². The van der Waals surface area contributed by atoms with Gasteiger partial charge in [0.1, 0.15) is 5.69 Å².